The molecule has 1 aromatic carbocycles. The number of nitrogens with one attached hydrogen (secondary N) is 1. The van der Waals surface area contributed by atoms with Crippen LogP contribution in [0.2, 0.25) is 10.0 Å². The van der Waals surface area contributed by atoms with E-state index in [0.717, 1.165) is 0 Å². The van der Waals surface area contributed by atoms with Crippen LogP contribution < -0.4 is 0 Å². The summed E-state index contributed by atoms with van der Waals surface area (Å²) in [4.78, 5) is 3.94. The summed E-state index contributed by atoms with van der Waals surface area (Å²) in [5.74, 6) is -0.907. The lowest BCUT2D eigenvalue weighted by atomic mass is 9.76. The Labute approximate surface area is 169 Å². The third-order valence-corrected chi connectivity index (χ3v) is 5.11. The van der Waals surface area contributed by atoms with Gasteiger partial charge in [-0.25, -0.2) is 13.8 Å². The fourth-order valence-corrected chi connectivity index (χ4v) is 3.58. The van der Waals surface area contributed by atoms with Gasteiger partial charge in [0.15, 0.2) is 5.82 Å². The number of aliphatic hydroxyl groups is 1. The molecule has 3 unspecified atom stereocenters. The normalized spacial score (nSPS) is 16.8. The number of alkyl halides is 4. The van der Waals surface area contributed by atoms with Crippen LogP contribution in [0.4, 0.5) is 17.6 Å². The van der Waals surface area contributed by atoms with Gasteiger partial charge in [-0.1, -0.05) is 43.1 Å². The van der Waals surface area contributed by atoms with Crippen LogP contribution in [0.1, 0.15) is 31.7 Å². The van der Waals surface area contributed by atoms with Crippen LogP contribution in [0.15, 0.2) is 24.5 Å². The van der Waals surface area contributed by atoms with Crippen LogP contribution in [-0.4, -0.2) is 38.9 Å². The summed E-state index contributed by atoms with van der Waals surface area (Å²) in [5, 5.41) is 18.2. The minimum atomic E-state index is -4.66. The Balaban J connectivity index is 2.47. The molecule has 0 radical (unpaired) electrons. The fraction of sp³-hybridized carbons (Fsp3) is 0.529. The molecule has 0 saturated carbocycles. The van der Waals surface area contributed by atoms with Crippen LogP contribution in [0.25, 0.3) is 0 Å². The zero-order valence-electron chi connectivity index (χ0n) is 15.0. The average Bonchev–Trinajstić information content (AvgIpc) is 3.11. The second-order valence-corrected chi connectivity index (χ2v) is 7.20. The summed E-state index contributed by atoms with van der Waals surface area (Å²) in [5.41, 5.74) is -1.73. The fourth-order valence-electron chi connectivity index (χ4n) is 3.00. The van der Waals surface area contributed by atoms with Gasteiger partial charge in [-0.05, 0) is 18.6 Å². The minimum Gasteiger partial charge on any atom is -0.384 e. The van der Waals surface area contributed by atoms with Gasteiger partial charge in [0.1, 0.15) is 11.9 Å². The van der Waals surface area contributed by atoms with Crippen molar-refractivity contribution in [2.24, 2.45) is 5.92 Å². The van der Waals surface area contributed by atoms with Crippen LogP contribution in [-0.2, 0) is 16.8 Å². The third kappa shape index (κ3) is 4.94. The first-order valence-corrected chi connectivity index (χ1v) is 9.13. The Kier molecular flexibility index (Phi) is 7.30. The van der Waals surface area contributed by atoms with E-state index in [2.05, 4.69) is 19.9 Å². The quantitative estimate of drug-likeness (QED) is 0.544. The highest BCUT2D eigenvalue weighted by Gasteiger charge is 2.49. The van der Waals surface area contributed by atoms with Gasteiger partial charge in [0, 0.05) is 27.9 Å². The van der Waals surface area contributed by atoms with Crippen molar-refractivity contribution in [3.05, 3.63) is 46.0 Å². The molecule has 0 aliphatic rings. The first-order chi connectivity index (χ1) is 13.0. The van der Waals surface area contributed by atoms with Crippen molar-refractivity contribution in [2.45, 2.75) is 50.9 Å². The molecule has 0 amide bonds. The van der Waals surface area contributed by atoms with E-state index < -0.39 is 30.2 Å². The number of aromatic amines is 1. The van der Waals surface area contributed by atoms with Crippen molar-refractivity contribution in [3.8, 4) is 0 Å². The van der Waals surface area contributed by atoms with Gasteiger partial charge < -0.3 is 9.84 Å². The van der Waals surface area contributed by atoms with Gasteiger partial charge in [0.2, 0.25) is 0 Å². The average molecular weight is 444 g/mol. The number of hydrogen-bond donors (Lipinski definition) is 2. The maximum Gasteiger partial charge on any atom is 0.416 e. The number of nitrogens with zero attached hydrogens (tertiary/aromatic N) is 2. The molecular weight excluding hydrogens is 425 g/mol. The lowest BCUT2D eigenvalue weighted by molar-refractivity contribution is -0.330. The standard InChI is InChI=1S/C17H19Cl2F4N3O2/c1-3-13(28-17(22,23)15(20)21)9(2)16(27,7-14-24-8-25-26-14)11-5-4-10(18)6-12(11)19/h4-6,8-9,13,15,27H,3,7H2,1-2H3,(H,24,25,26). The molecule has 0 bridgehead atoms. The lowest BCUT2D eigenvalue weighted by Crippen LogP contribution is -2.46. The molecule has 1 heterocycles. The molecule has 0 spiro atoms. The topological polar surface area (TPSA) is 71.0 Å². The molecule has 1 aromatic heterocycles. The van der Waals surface area contributed by atoms with E-state index in [1.54, 1.807) is 0 Å². The van der Waals surface area contributed by atoms with E-state index in [9.17, 15) is 22.7 Å². The van der Waals surface area contributed by atoms with E-state index in [1.807, 2.05) is 0 Å². The summed E-state index contributed by atoms with van der Waals surface area (Å²) in [6.45, 7) is 2.90. The molecule has 0 aliphatic carbocycles. The molecule has 0 aliphatic heterocycles. The van der Waals surface area contributed by atoms with Gasteiger partial charge in [-0.15, -0.1) is 0 Å². The highest BCUT2D eigenvalue weighted by Crippen LogP contribution is 2.42. The predicted octanol–water partition coefficient (Wildman–Crippen LogP) is 4.83. The van der Waals surface area contributed by atoms with E-state index in [1.165, 1.54) is 38.4 Å². The molecule has 11 heteroatoms. The van der Waals surface area contributed by atoms with Crippen molar-refractivity contribution in [1.29, 1.82) is 0 Å². The maximum absolute atomic E-state index is 13.5. The van der Waals surface area contributed by atoms with E-state index in [0.29, 0.717) is 5.02 Å². The van der Waals surface area contributed by atoms with Crippen molar-refractivity contribution < 1.29 is 27.4 Å². The first-order valence-electron chi connectivity index (χ1n) is 8.37. The summed E-state index contributed by atoms with van der Waals surface area (Å²) in [6, 6.07) is 4.28. The second kappa shape index (κ2) is 8.94. The molecule has 2 aromatic rings. The van der Waals surface area contributed by atoms with Gasteiger partial charge in [0.25, 0.3) is 0 Å². The maximum atomic E-state index is 13.5. The van der Waals surface area contributed by atoms with E-state index in [-0.39, 0.29) is 29.3 Å². The van der Waals surface area contributed by atoms with Gasteiger partial charge in [-0.2, -0.15) is 13.9 Å². The van der Waals surface area contributed by atoms with Crippen molar-refractivity contribution in [2.75, 3.05) is 0 Å². The van der Waals surface area contributed by atoms with E-state index in [4.69, 9.17) is 23.2 Å². The Bertz CT molecular complexity index is 780. The van der Waals surface area contributed by atoms with Gasteiger partial charge in [-0.3, -0.25) is 5.10 Å². The third-order valence-electron chi connectivity index (χ3n) is 4.57. The number of hydrogen-bond acceptors (Lipinski definition) is 4. The Hall–Kier alpha value is -1.42. The lowest BCUT2D eigenvalue weighted by Gasteiger charge is -2.39. The molecule has 0 fully saturated rings. The van der Waals surface area contributed by atoms with E-state index >= 15 is 0 Å². The minimum absolute atomic E-state index is 0.0645. The Morgan fingerprint density at radius 1 is 1.29 bits per heavy atom. The molecular formula is C17H19Cl2F4N3O2. The zero-order chi connectivity index (χ0) is 21.1. The zero-order valence-corrected chi connectivity index (χ0v) is 16.5. The van der Waals surface area contributed by atoms with Gasteiger partial charge >= 0.3 is 12.5 Å². The molecule has 0 saturated heterocycles. The second-order valence-electron chi connectivity index (χ2n) is 6.36. The highest BCUT2D eigenvalue weighted by molar-refractivity contribution is 6.35. The number of aromatic nitrogens is 3. The Morgan fingerprint density at radius 3 is 2.46 bits per heavy atom. The molecule has 5 nitrogen and oxygen atoms in total. The molecule has 2 N–H and O–H groups in total. The molecule has 156 valence electrons. The predicted molar refractivity (Wildman–Crippen MR) is 95.7 cm³/mol. The summed E-state index contributed by atoms with van der Waals surface area (Å²) in [7, 11) is 0. The number of benzene rings is 1. The molecule has 2 rings (SSSR count). The van der Waals surface area contributed by atoms with Crippen LogP contribution in [0.5, 0.6) is 0 Å². The molecule has 3 atom stereocenters. The van der Waals surface area contributed by atoms with Gasteiger partial charge in [0.05, 0.1) is 6.10 Å². The van der Waals surface area contributed by atoms with Crippen molar-refractivity contribution >= 4 is 23.2 Å². The number of ether oxygens (including phenoxy) is 1. The van der Waals surface area contributed by atoms with Crippen LogP contribution in [0, 0.1) is 5.92 Å². The van der Waals surface area contributed by atoms with Crippen molar-refractivity contribution in [1.82, 2.24) is 15.2 Å². The largest absolute Gasteiger partial charge is 0.416 e. The summed E-state index contributed by atoms with van der Waals surface area (Å²) >= 11 is 12.1. The van der Waals surface area contributed by atoms with Crippen LogP contribution in [0.3, 0.4) is 0 Å². The highest BCUT2D eigenvalue weighted by atomic mass is 35.5. The SMILES string of the molecule is CCC(OC(F)(F)C(F)F)C(C)C(O)(Cc1nc[nH]n1)c1ccc(Cl)cc1Cl. The van der Waals surface area contributed by atoms with Crippen molar-refractivity contribution in [3.63, 3.8) is 0 Å². The summed E-state index contributed by atoms with van der Waals surface area (Å²) in [6.07, 6.45) is -9.09. The first kappa shape index (κ1) is 22.9. The monoisotopic (exact) mass is 443 g/mol. The Morgan fingerprint density at radius 2 is 1.96 bits per heavy atom. The number of halogens is 6. The number of H-pyrrole nitrogens is 1. The van der Waals surface area contributed by atoms with Crippen LogP contribution >= 0.6 is 23.2 Å². The number of rotatable bonds is 9. The molecule has 28 heavy (non-hydrogen) atoms. The smallest absolute Gasteiger partial charge is 0.384 e. The summed E-state index contributed by atoms with van der Waals surface area (Å²) < 4.78 is 56.7.